The smallest absolute Gasteiger partial charge is 0.278 e. The summed E-state index contributed by atoms with van der Waals surface area (Å²) in [6, 6.07) is 21.6. The molecule has 0 bridgehead atoms. The molecule has 168 valence electrons. The number of nitrogens with zero attached hydrogens (tertiary/aromatic N) is 1. The number of carbonyl (C=O) groups is 1. The van der Waals surface area contributed by atoms with Crippen LogP contribution >= 0.6 is 0 Å². The van der Waals surface area contributed by atoms with Gasteiger partial charge in [-0.25, -0.2) is 8.42 Å². The van der Waals surface area contributed by atoms with Crippen LogP contribution in [0.15, 0.2) is 83.8 Å². The third kappa shape index (κ3) is 5.68. The summed E-state index contributed by atoms with van der Waals surface area (Å²) in [4.78, 5) is 13.1. The first-order chi connectivity index (χ1) is 15.5. The van der Waals surface area contributed by atoms with Crippen LogP contribution in [-0.4, -0.2) is 27.5 Å². The lowest BCUT2D eigenvalue weighted by Crippen LogP contribution is -2.40. The average Bonchev–Trinajstić information content (AvgIpc) is 2.81. The Morgan fingerprint density at radius 3 is 2.00 bits per heavy atom. The highest BCUT2D eigenvalue weighted by Crippen LogP contribution is 2.26. The number of benzene rings is 3. The number of amides is 1. The van der Waals surface area contributed by atoms with Gasteiger partial charge in [0, 0.05) is 0 Å². The van der Waals surface area contributed by atoms with Gasteiger partial charge in [-0.3, -0.25) is 4.79 Å². The Hall–Kier alpha value is -3.32. The minimum atomic E-state index is -4.13. The van der Waals surface area contributed by atoms with Crippen molar-refractivity contribution in [1.82, 2.24) is 0 Å². The van der Waals surface area contributed by atoms with E-state index >= 15 is 0 Å². The van der Waals surface area contributed by atoms with E-state index in [1.54, 1.807) is 54.6 Å². The van der Waals surface area contributed by atoms with Gasteiger partial charge in [0.2, 0.25) is 0 Å². The standard InChI is InChI=1S/C25H27NO5S/c1-3-8-20-11-15-23(16-12-20)31-19-25(27)26(21-13-17-22(18-14-21)30-4-2)32(28,29)24-9-6-5-7-10-24/h5-7,9-18H,3-4,8,19H2,1-2H3. The molecule has 0 aliphatic carbocycles. The van der Waals surface area contributed by atoms with E-state index in [9.17, 15) is 13.2 Å². The van der Waals surface area contributed by atoms with E-state index in [-0.39, 0.29) is 10.6 Å². The average molecular weight is 454 g/mol. The van der Waals surface area contributed by atoms with Gasteiger partial charge in [-0.15, -0.1) is 0 Å². The first-order valence-corrected chi connectivity index (χ1v) is 12.0. The first kappa shape index (κ1) is 23.3. The molecule has 0 N–H and O–H groups in total. The molecule has 32 heavy (non-hydrogen) atoms. The highest BCUT2D eigenvalue weighted by atomic mass is 32.2. The van der Waals surface area contributed by atoms with Crippen molar-refractivity contribution in [3.8, 4) is 11.5 Å². The van der Waals surface area contributed by atoms with Gasteiger partial charge in [-0.2, -0.15) is 4.31 Å². The summed E-state index contributed by atoms with van der Waals surface area (Å²) < 4.78 is 38.5. The molecular formula is C25H27NO5S. The molecule has 3 aromatic carbocycles. The Kier molecular flexibility index (Phi) is 7.89. The fourth-order valence-corrected chi connectivity index (χ4v) is 4.64. The molecule has 0 aromatic heterocycles. The lowest BCUT2D eigenvalue weighted by molar-refractivity contribution is -0.119. The Morgan fingerprint density at radius 2 is 1.41 bits per heavy atom. The highest BCUT2D eigenvalue weighted by Gasteiger charge is 2.31. The summed E-state index contributed by atoms with van der Waals surface area (Å²) in [5, 5.41) is 0. The summed E-state index contributed by atoms with van der Waals surface area (Å²) >= 11 is 0. The predicted molar refractivity (Wildman–Crippen MR) is 125 cm³/mol. The monoisotopic (exact) mass is 453 g/mol. The zero-order valence-electron chi connectivity index (χ0n) is 18.2. The van der Waals surface area contributed by atoms with Crippen LogP contribution in [0.25, 0.3) is 0 Å². The molecule has 7 heteroatoms. The zero-order chi connectivity index (χ0) is 23.0. The number of aryl methyl sites for hydroxylation is 1. The normalized spacial score (nSPS) is 11.1. The van der Waals surface area contributed by atoms with E-state index in [1.807, 2.05) is 19.1 Å². The number of sulfonamides is 1. The number of rotatable bonds is 10. The zero-order valence-corrected chi connectivity index (χ0v) is 19.0. The molecule has 3 rings (SSSR count). The highest BCUT2D eigenvalue weighted by molar-refractivity contribution is 7.93. The van der Waals surface area contributed by atoms with Gasteiger partial charge in [0.25, 0.3) is 15.9 Å². The summed E-state index contributed by atoms with van der Waals surface area (Å²) in [6.45, 7) is 4.02. The molecular weight excluding hydrogens is 426 g/mol. The van der Waals surface area contributed by atoms with Gasteiger partial charge >= 0.3 is 0 Å². The predicted octanol–water partition coefficient (Wildman–Crippen LogP) is 4.84. The topological polar surface area (TPSA) is 72.9 Å². The Bertz CT molecular complexity index is 1110. The molecule has 1 amide bonds. The van der Waals surface area contributed by atoms with Crippen molar-refractivity contribution < 1.29 is 22.7 Å². The fourth-order valence-electron chi connectivity index (χ4n) is 3.20. The van der Waals surface area contributed by atoms with Crippen LogP contribution in [0.4, 0.5) is 5.69 Å². The van der Waals surface area contributed by atoms with Crippen LogP contribution in [0.5, 0.6) is 11.5 Å². The van der Waals surface area contributed by atoms with Crippen molar-refractivity contribution in [2.45, 2.75) is 31.6 Å². The molecule has 0 saturated heterocycles. The number of ether oxygens (including phenoxy) is 2. The van der Waals surface area contributed by atoms with E-state index in [1.165, 1.54) is 17.7 Å². The van der Waals surface area contributed by atoms with Crippen LogP contribution in [0.2, 0.25) is 0 Å². The van der Waals surface area contributed by atoms with Crippen LogP contribution < -0.4 is 13.8 Å². The molecule has 0 aliphatic heterocycles. The van der Waals surface area contributed by atoms with Gasteiger partial charge < -0.3 is 9.47 Å². The maximum Gasteiger partial charge on any atom is 0.278 e. The van der Waals surface area contributed by atoms with Crippen LogP contribution in [0, 0.1) is 0 Å². The molecule has 0 heterocycles. The maximum absolute atomic E-state index is 13.3. The molecule has 0 radical (unpaired) electrons. The number of anilines is 1. The van der Waals surface area contributed by atoms with Gasteiger partial charge in [0.1, 0.15) is 11.5 Å². The van der Waals surface area contributed by atoms with Crippen LogP contribution in [0.3, 0.4) is 0 Å². The summed E-state index contributed by atoms with van der Waals surface area (Å²) in [6.07, 6.45) is 1.99. The molecule has 3 aromatic rings. The maximum atomic E-state index is 13.3. The van der Waals surface area contributed by atoms with Gasteiger partial charge in [-0.05, 0) is 67.4 Å². The van der Waals surface area contributed by atoms with Gasteiger partial charge in [-0.1, -0.05) is 43.7 Å². The number of hydrogen-bond donors (Lipinski definition) is 0. The third-order valence-corrected chi connectivity index (χ3v) is 6.48. The van der Waals surface area contributed by atoms with Gasteiger partial charge in [0.15, 0.2) is 6.61 Å². The van der Waals surface area contributed by atoms with Crippen molar-refractivity contribution in [3.05, 3.63) is 84.4 Å². The fraction of sp³-hybridized carbons (Fsp3) is 0.240. The van der Waals surface area contributed by atoms with E-state index in [4.69, 9.17) is 9.47 Å². The van der Waals surface area contributed by atoms with Gasteiger partial charge in [0.05, 0.1) is 17.2 Å². The van der Waals surface area contributed by atoms with Crippen molar-refractivity contribution in [3.63, 3.8) is 0 Å². The Balaban J connectivity index is 1.86. The lowest BCUT2D eigenvalue weighted by atomic mass is 10.1. The summed E-state index contributed by atoms with van der Waals surface area (Å²) in [5.74, 6) is 0.391. The third-order valence-electron chi connectivity index (χ3n) is 4.71. The molecule has 0 fully saturated rings. The second kappa shape index (κ2) is 10.8. The molecule has 0 unspecified atom stereocenters. The minimum absolute atomic E-state index is 0.0196. The minimum Gasteiger partial charge on any atom is -0.494 e. The SMILES string of the molecule is CCCc1ccc(OCC(=O)N(c2ccc(OCC)cc2)S(=O)(=O)c2ccccc2)cc1. The quantitative estimate of drug-likeness (QED) is 0.439. The van der Waals surface area contributed by atoms with Crippen molar-refractivity contribution in [2.75, 3.05) is 17.5 Å². The van der Waals surface area contributed by atoms with E-state index in [0.29, 0.717) is 18.1 Å². The summed E-state index contributed by atoms with van der Waals surface area (Å²) in [7, 11) is -4.13. The molecule has 6 nitrogen and oxygen atoms in total. The Morgan fingerprint density at radius 1 is 0.812 bits per heavy atom. The first-order valence-electron chi connectivity index (χ1n) is 10.5. The summed E-state index contributed by atoms with van der Waals surface area (Å²) in [5.41, 5.74) is 1.39. The second-order valence-electron chi connectivity index (χ2n) is 7.09. The molecule has 0 saturated carbocycles. The van der Waals surface area contributed by atoms with Crippen molar-refractivity contribution in [2.24, 2.45) is 0 Å². The number of hydrogen-bond acceptors (Lipinski definition) is 5. The molecule has 0 aliphatic rings. The van der Waals surface area contributed by atoms with E-state index < -0.39 is 22.5 Å². The van der Waals surface area contributed by atoms with E-state index in [0.717, 1.165) is 17.1 Å². The molecule has 0 spiro atoms. The molecule has 0 atom stereocenters. The Labute approximate surface area is 189 Å². The van der Waals surface area contributed by atoms with Crippen LogP contribution in [-0.2, 0) is 21.2 Å². The largest absolute Gasteiger partial charge is 0.494 e. The second-order valence-corrected chi connectivity index (χ2v) is 8.87. The van der Waals surface area contributed by atoms with Crippen molar-refractivity contribution in [1.29, 1.82) is 0 Å². The van der Waals surface area contributed by atoms with Crippen LogP contribution in [0.1, 0.15) is 25.8 Å². The van der Waals surface area contributed by atoms with E-state index in [2.05, 4.69) is 6.92 Å². The van der Waals surface area contributed by atoms with Crippen molar-refractivity contribution >= 4 is 21.6 Å². The number of carbonyl (C=O) groups excluding carboxylic acids is 1. The lowest BCUT2D eigenvalue weighted by Gasteiger charge is -2.23.